The number of carbonyl (C=O) groups is 3. The van der Waals surface area contributed by atoms with Crippen LogP contribution in [0.5, 0.6) is 5.75 Å². The molecule has 3 N–H and O–H groups in total. The fourth-order valence-corrected chi connectivity index (χ4v) is 4.65. The molecule has 210 valence electrons. The number of halogens is 3. The van der Waals surface area contributed by atoms with Crippen LogP contribution in [0.4, 0.5) is 13.2 Å². The molecule has 0 saturated carbocycles. The van der Waals surface area contributed by atoms with Crippen LogP contribution in [0.15, 0.2) is 78.9 Å². The van der Waals surface area contributed by atoms with E-state index in [4.69, 9.17) is 0 Å². The molecule has 1 saturated heterocycles. The third-order valence-electron chi connectivity index (χ3n) is 6.76. The molecule has 3 aromatic carbocycles. The number of aryl methyl sites for hydroxylation is 1. The third-order valence-corrected chi connectivity index (χ3v) is 6.76. The molecule has 2 unspecified atom stereocenters. The number of alkyl halides is 3. The molecule has 1 aliphatic heterocycles. The van der Waals surface area contributed by atoms with E-state index < -0.39 is 24.0 Å². The second-order valence-electron chi connectivity index (χ2n) is 9.80. The average molecular weight is 554 g/mol. The van der Waals surface area contributed by atoms with Crippen molar-refractivity contribution in [3.05, 3.63) is 101 Å². The molecule has 4 rings (SSSR count). The molecule has 0 aliphatic carbocycles. The maximum atomic E-state index is 13.2. The molecule has 1 fully saturated rings. The Morgan fingerprint density at radius 3 is 2.35 bits per heavy atom. The SMILES string of the molecule is Cc1ccc(C(=O)NC2CNC[C@@H](C(=O)NCC(c3ccccc3)c3cccc(OC(=O)C(F)(F)F)c3)C2)cc1. The minimum atomic E-state index is -5.12. The second kappa shape index (κ2) is 12.8. The number of amides is 2. The highest BCUT2D eigenvalue weighted by Crippen LogP contribution is 2.28. The Labute approximate surface area is 230 Å². The minimum Gasteiger partial charge on any atom is -0.420 e. The normalized spacial score (nSPS) is 17.9. The summed E-state index contributed by atoms with van der Waals surface area (Å²) >= 11 is 0. The van der Waals surface area contributed by atoms with Gasteiger partial charge in [-0.2, -0.15) is 13.2 Å². The first kappa shape index (κ1) is 28.8. The average Bonchev–Trinajstić information content (AvgIpc) is 2.94. The topological polar surface area (TPSA) is 96.5 Å². The van der Waals surface area contributed by atoms with E-state index in [1.54, 1.807) is 18.2 Å². The number of hydrogen-bond acceptors (Lipinski definition) is 5. The number of rotatable bonds is 8. The number of ether oxygens (including phenoxy) is 1. The van der Waals surface area contributed by atoms with Gasteiger partial charge in [-0.25, -0.2) is 4.79 Å². The Morgan fingerprint density at radius 1 is 0.950 bits per heavy atom. The van der Waals surface area contributed by atoms with Crippen LogP contribution in [0.3, 0.4) is 0 Å². The molecular weight excluding hydrogens is 523 g/mol. The van der Waals surface area contributed by atoms with Crippen LogP contribution in [0, 0.1) is 12.8 Å². The fraction of sp³-hybridized carbons (Fsp3) is 0.300. The van der Waals surface area contributed by atoms with Crippen LogP contribution in [-0.2, 0) is 9.59 Å². The molecule has 3 atom stereocenters. The first-order valence-electron chi connectivity index (χ1n) is 12.9. The molecule has 0 radical (unpaired) electrons. The molecule has 7 nitrogen and oxygen atoms in total. The molecule has 10 heteroatoms. The lowest BCUT2D eigenvalue weighted by atomic mass is 9.90. The van der Waals surface area contributed by atoms with Crippen molar-refractivity contribution >= 4 is 17.8 Å². The van der Waals surface area contributed by atoms with Crippen molar-refractivity contribution in [1.82, 2.24) is 16.0 Å². The maximum absolute atomic E-state index is 13.2. The lowest BCUT2D eigenvalue weighted by Gasteiger charge is -2.30. The first-order valence-corrected chi connectivity index (χ1v) is 12.9. The molecule has 0 spiro atoms. The van der Waals surface area contributed by atoms with Crippen LogP contribution in [0.25, 0.3) is 0 Å². The van der Waals surface area contributed by atoms with Gasteiger partial charge >= 0.3 is 12.1 Å². The van der Waals surface area contributed by atoms with Crippen LogP contribution in [0.2, 0.25) is 0 Å². The summed E-state index contributed by atoms with van der Waals surface area (Å²) in [6.45, 7) is 3.09. The van der Waals surface area contributed by atoms with Crippen LogP contribution in [-0.4, -0.2) is 49.6 Å². The summed E-state index contributed by atoms with van der Waals surface area (Å²) in [5, 5.41) is 9.16. The van der Waals surface area contributed by atoms with Crippen LogP contribution < -0.4 is 20.7 Å². The van der Waals surface area contributed by atoms with E-state index in [0.29, 0.717) is 30.6 Å². The Balaban J connectivity index is 1.42. The van der Waals surface area contributed by atoms with Crippen LogP contribution in [0.1, 0.15) is 39.4 Å². The standard InChI is InChI=1S/C30H30F3N3O4/c1-19-10-12-21(13-11-19)28(38)36-24-14-23(16-34-17-24)27(37)35-18-26(20-6-3-2-4-7-20)22-8-5-9-25(15-22)40-29(39)30(31,32)33/h2-13,15,23-24,26,34H,14,16-18H2,1H3,(H,35,37)(H,36,38)/t23-,24?,26?/m0/s1. The van der Waals surface area contributed by atoms with E-state index >= 15 is 0 Å². The van der Waals surface area contributed by atoms with Crippen molar-refractivity contribution in [3.63, 3.8) is 0 Å². The molecule has 0 bridgehead atoms. The number of piperidine rings is 1. The van der Waals surface area contributed by atoms with Crippen molar-refractivity contribution in [3.8, 4) is 5.75 Å². The summed E-state index contributed by atoms with van der Waals surface area (Å²) in [7, 11) is 0. The minimum absolute atomic E-state index is 0.163. The van der Waals surface area contributed by atoms with Crippen molar-refractivity contribution in [2.75, 3.05) is 19.6 Å². The largest absolute Gasteiger partial charge is 0.491 e. The van der Waals surface area contributed by atoms with Crippen molar-refractivity contribution < 1.29 is 32.3 Å². The predicted octanol–water partition coefficient (Wildman–Crippen LogP) is 4.12. The summed E-state index contributed by atoms with van der Waals surface area (Å²) in [6, 6.07) is 22.0. The monoisotopic (exact) mass is 553 g/mol. The molecule has 1 aliphatic rings. The molecule has 0 aromatic heterocycles. The van der Waals surface area contributed by atoms with Gasteiger partial charge in [0.2, 0.25) is 5.91 Å². The van der Waals surface area contributed by atoms with E-state index in [2.05, 4.69) is 20.7 Å². The van der Waals surface area contributed by atoms with E-state index in [9.17, 15) is 27.6 Å². The lowest BCUT2D eigenvalue weighted by Crippen LogP contribution is -2.52. The van der Waals surface area contributed by atoms with Gasteiger partial charge in [0.25, 0.3) is 5.91 Å². The first-order chi connectivity index (χ1) is 19.1. The molecule has 1 heterocycles. The van der Waals surface area contributed by atoms with E-state index in [1.165, 1.54) is 18.2 Å². The van der Waals surface area contributed by atoms with Gasteiger partial charge in [0.15, 0.2) is 0 Å². The van der Waals surface area contributed by atoms with Gasteiger partial charge in [-0.15, -0.1) is 0 Å². The van der Waals surface area contributed by atoms with Gasteiger partial charge in [-0.1, -0.05) is 60.2 Å². The number of esters is 1. The number of hydrogen-bond donors (Lipinski definition) is 3. The van der Waals surface area contributed by atoms with Crippen molar-refractivity contribution in [1.29, 1.82) is 0 Å². The highest BCUT2D eigenvalue weighted by Gasteiger charge is 2.41. The Kier molecular flexibility index (Phi) is 9.21. The summed E-state index contributed by atoms with van der Waals surface area (Å²) in [5.74, 6) is -3.76. The highest BCUT2D eigenvalue weighted by atomic mass is 19.4. The quantitative estimate of drug-likeness (QED) is 0.288. The second-order valence-corrected chi connectivity index (χ2v) is 9.80. The Hall–Kier alpha value is -4.18. The summed E-state index contributed by atoms with van der Waals surface area (Å²) in [5.41, 5.74) is 3.00. The number of benzene rings is 3. The number of carbonyl (C=O) groups excluding carboxylic acids is 3. The van der Waals surface area contributed by atoms with Crippen molar-refractivity contribution in [2.24, 2.45) is 5.92 Å². The van der Waals surface area contributed by atoms with E-state index in [0.717, 1.165) is 11.1 Å². The molecular formula is C30H30F3N3O4. The summed E-state index contributed by atoms with van der Waals surface area (Å²) in [6.07, 6.45) is -4.66. The zero-order valence-electron chi connectivity index (χ0n) is 21.8. The summed E-state index contributed by atoms with van der Waals surface area (Å²) < 4.78 is 42.6. The van der Waals surface area contributed by atoms with Crippen molar-refractivity contribution in [2.45, 2.75) is 31.5 Å². The molecule has 40 heavy (non-hydrogen) atoms. The molecule has 2 amide bonds. The fourth-order valence-electron chi connectivity index (χ4n) is 4.65. The van der Waals surface area contributed by atoms with Gasteiger partial charge < -0.3 is 20.7 Å². The zero-order chi connectivity index (χ0) is 28.7. The third kappa shape index (κ3) is 7.69. The van der Waals surface area contributed by atoms with Gasteiger partial charge in [0.1, 0.15) is 5.75 Å². The highest BCUT2D eigenvalue weighted by molar-refractivity contribution is 5.94. The van der Waals surface area contributed by atoms with Gasteiger partial charge in [-0.05, 0) is 48.7 Å². The van der Waals surface area contributed by atoms with Gasteiger partial charge in [0.05, 0.1) is 5.92 Å². The zero-order valence-corrected chi connectivity index (χ0v) is 21.8. The number of nitrogens with one attached hydrogen (secondary N) is 3. The predicted molar refractivity (Wildman–Crippen MR) is 143 cm³/mol. The van der Waals surface area contributed by atoms with E-state index in [-0.39, 0.29) is 30.2 Å². The van der Waals surface area contributed by atoms with Gasteiger partial charge in [0, 0.05) is 37.2 Å². The molecule has 3 aromatic rings. The van der Waals surface area contributed by atoms with Crippen LogP contribution >= 0.6 is 0 Å². The Bertz CT molecular complexity index is 1330. The van der Waals surface area contributed by atoms with Gasteiger partial charge in [-0.3, -0.25) is 9.59 Å². The van der Waals surface area contributed by atoms with E-state index in [1.807, 2.05) is 49.4 Å². The maximum Gasteiger partial charge on any atom is 0.491 e. The Morgan fingerprint density at radius 2 is 1.65 bits per heavy atom. The smallest absolute Gasteiger partial charge is 0.420 e. The lowest BCUT2D eigenvalue weighted by molar-refractivity contribution is -0.189. The summed E-state index contributed by atoms with van der Waals surface area (Å²) in [4.78, 5) is 37.1.